The number of carbonyl (C=O) groups is 1. The van der Waals surface area contributed by atoms with E-state index in [4.69, 9.17) is 5.11 Å². The molecule has 4 heterocycles. The lowest BCUT2D eigenvalue weighted by Gasteiger charge is -2.32. The number of fused-ring (bicyclic) bond motifs is 1. The number of piperazine rings is 1. The summed E-state index contributed by atoms with van der Waals surface area (Å²) in [4.78, 5) is 23.9. The molecular formula is C23H25N5O4S3. The number of thiophene rings is 1. The Hall–Kier alpha value is -2.93. The number of para-hydroxylation sites is 1. The molecule has 184 valence electrons. The number of carboxylic acid groups (broad SMARTS) is 1. The third-order valence-corrected chi connectivity index (χ3v) is 10.3. The maximum absolute atomic E-state index is 13.3. The van der Waals surface area contributed by atoms with Gasteiger partial charge in [-0.2, -0.15) is 0 Å². The van der Waals surface area contributed by atoms with Crippen molar-refractivity contribution in [2.75, 3.05) is 37.0 Å². The van der Waals surface area contributed by atoms with Gasteiger partial charge in [-0.15, -0.1) is 22.7 Å². The minimum Gasteiger partial charge on any atom is -0.465 e. The van der Waals surface area contributed by atoms with Crippen LogP contribution in [-0.4, -0.2) is 72.1 Å². The average molecular weight is 532 g/mol. The molecule has 3 aromatic heterocycles. The number of hydrogen-bond acceptors (Lipinski definition) is 7. The van der Waals surface area contributed by atoms with E-state index < -0.39 is 16.1 Å². The molecule has 0 saturated carbocycles. The van der Waals surface area contributed by atoms with E-state index in [-0.39, 0.29) is 0 Å². The van der Waals surface area contributed by atoms with Crippen LogP contribution in [0.2, 0.25) is 0 Å². The van der Waals surface area contributed by atoms with E-state index in [0.717, 1.165) is 33.0 Å². The van der Waals surface area contributed by atoms with Crippen LogP contribution in [0, 0.1) is 0 Å². The molecule has 0 atom stereocenters. The number of anilines is 1. The molecule has 1 saturated heterocycles. The van der Waals surface area contributed by atoms with Crippen LogP contribution in [0.15, 0.2) is 52.2 Å². The fourth-order valence-electron chi connectivity index (χ4n) is 4.27. The molecule has 0 spiro atoms. The number of aromatic nitrogens is 2. The molecule has 9 nitrogen and oxygen atoms in total. The van der Waals surface area contributed by atoms with Gasteiger partial charge in [0.1, 0.15) is 9.22 Å². The number of thiazole rings is 1. The van der Waals surface area contributed by atoms with Crippen LogP contribution in [0.25, 0.3) is 21.6 Å². The van der Waals surface area contributed by atoms with Gasteiger partial charge in [-0.3, -0.25) is 9.21 Å². The van der Waals surface area contributed by atoms with Crippen molar-refractivity contribution in [3.63, 3.8) is 0 Å². The fourth-order valence-corrected chi connectivity index (χ4v) is 7.79. The first kappa shape index (κ1) is 23.8. The highest BCUT2D eigenvalue weighted by molar-refractivity contribution is 7.94. The van der Waals surface area contributed by atoms with Gasteiger partial charge in [-0.25, -0.2) is 18.2 Å². The van der Waals surface area contributed by atoms with Crippen LogP contribution in [0.3, 0.4) is 0 Å². The summed E-state index contributed by atoms with van der Waals surface area (Å²) < 4.78 is 28.3. The highest BCUT2D eigenvalue weighted by Crippen LogP contribution is 2.35. The lowest BCUT2D eigenvalue weighted by molar-refractivity contribution is 0.103. The molecule has 0 unspecified atom stereocenters. The molecular weight excluding hydrogens is 506 g/mol. The number of aromatic amines is 1. The Morgan fingerprint density at radius 2 is 2.00 bits per heavy atom. The summed E-state index contributed by atoms with van der Waals surface area (Å²) in [5.41, 5.74) is 2.20. The SMILES string of the molecule is CCN(c1cccc2cc(-c3ncc(CN4CCN(C(=O)O)CC4)s3)[nH]c12)S(=O)(=O)c1cccs1. The highest BCUT2D eigenvalue weighted by atomic mass is 32.2. The third-order valence-electron chi connectivity index (χ3n) is 6.04. The second-order valence-corrected chi connectivity index (χ2v) is 12.4. The van der Waals surface area contributed by atoms with Gasteiger partial charge in [-0.05, 0) is 30.5 Å². The Morgan fingerprint density at radius 3 is 2.69 bits per heavy atom. The van der Waals surface area contributed by atoms with Crippen molar-refractivity contribution in [2.24, 2.45) is 0 Å². The van der Waals surface area contributed by atoms with Gasteiger partial charge in [0, 0.05) is 55.7 Å². The highest BCUT2D eigenvalue weighted by Gasteiger charge is 2.27. The normalized spacial score (nSPS) is 15.1. The first-order valence-electron chi connectivity index (χ1n) is 11.2. The van der Waals surface area contributed by atoms with Crippen LogP contribution < -0.4 is 4.31 Å². The van der Waals surface area contributed by atoms with Gasteiger partial charge in [0.2, 0.25) is 0 Å². The second kappa shape index (κ2) is 9.61. The predicted octanol–water partition coefficient (Wildman–Crippen LogP) is 4.36. The second-order valence-electron chi connectivity index (χ2n) is 8.20. The van der Waals surface area contributed by atoms with Crippen LogP contribution in [0.5, 0.6) is 0 Å². The largest absolute Gasteiger partial charge is 0.465 e. The van der Waals surface area contributed by atoms with Gasteiger partial charge in [-0.1, -0.05) is 18.2 Å². The number of hydrogen-bond donors (Lipinski definition) is 2. The quantitative estimate of drug-likeness (QED) is 0.367. The van der Waals surface area contributed by atoms with Crippen molar-refractivity contribution in [1.82, 2.24) is 19.8 Å². The van der Waals surface area contributed by atoms with E-state index in [2.05, 4.69) is 14.9 Å². The van der Waals surface area contributed by atoms with Crippen molar-refractivity contribution < 1.29 is 18.3 Å². The summed E-state index contributed by atoms with van der Waals surface area (Å²) in [6, 6.07) is 11.0. The maximum atomic E-state index is 13.3. The Bertz CT molecular complexity index is 1440. The van der Waals surface area contributed by atoms with Gasteiger partial charge in [0.15, 0.2) is 0 Å². The maximum Gasteiger partial charge on any atom is 0.407 e. The van der Waals surface area contributed by atoms with Gasteiger partial charge < -0.3 is 15.0 Å². The first-order valence-corrected chi connectivity index (χ1v) is 14.3. The minimum atomic E-state index is -3.66. The van der Waals surface area contributed by atoms with Crippen LogP contribution >= 0.6 is 22.7 Å². The van der Waals surface area contributed by atoms with E-state index >= 15 is 0 Å². The number of nitrogens with zero attached hydrogens (tertiary/aromatic N) is 4. The molecule has 1 aliphatic rings. The van der Waals surface area contributed by atoms with Crippen LogP contribution in [0.1, 0.15) is 11.8 Å². The molecule has 12 heteroatoms. The summed E-state index contributed by atoms with van der Waals surface area (Å²) in [5.74, 6) is 0. The lowest BCUT2D eigenvalue weighted by Crippen LogP contribution is -2.47. The number of benzene rings is 1. The molecule has 1 amide bonds. The van der Waals surface area contributed by atoms with Crippen LogP contribution in [-0.2, 0) is 16.6 Å². The molecule has 4 aromatic rings. The Morgan fingerprint density at radius 1 is 1.20 bits per heavy atom. The lowest BCUT2D eigenvalue weighted by atomic mass is 10.2. The monoisotopic (exact) mass is 531 g/mol. The van der Waals surface area contributed by atoms with Gasteiger partial charge in [0.25, 0.3) is 10.0 Å². The topological polar surface area (TPSA) is 110 Å². The molecule has 1 fully saturated rings. The summed E-state index contributed by atoms with van der Waals surface area (Å²) in [6.07, 6.45) is 0.989. The Balaban J connectivity index is 1.39. The van der Waals surface area contributed by atoms with Crippen LogP contribution in [0.4, 0.5) is 10.5 Å². The summed E-state index contributed by atoms with van der Waals surface area (Å²) >= 11 is 2.79. The van der Waals surface area contributed by atoms with E-state index in [1.54, 1.807) is 28.8 Å². The van der Waals surface area contributed by atoms with Crippen molar-refractivity contribution >= 4 is 55.4 Å². The standard InChI is InChI=1S/C23H25N5O4S3/c1-2-28(35(31,32)20-7-4-12-33-20)19-6-3-5-16-13-18(25-21(16)19)22-24-14-17(34-22)15-26-8-10-27(11-9-26)23(29)30/h3-7,12-14,25H,2,8-11,15H2,1H3,(H,29,30). The number of rotatable bonds is 7. The smallest absolute Gasteiger partial charge is 0.407 e. The zero-order valence-corrected chi connectivity index (χ0v) is 21.5. The minimum absolute atomic E-state index is 0.310. The molecule has 2 N–H and O–H groups in total. The number of nitrogens with one attached hydrogen (secondary N) is 1. The van der Waals surface area contributed by atoms with Crippen molar-refractivity contribution in [1.29, 1.82) is 0 Å². The molecule has 0 radical (unpaired) electrons. The van der Waals surface area contributed by atoms with Crippen molar-refractivity contribution in [3.05, 3.63) is 52.9 Å². The zero-order valence-electron chi connectivity index (χ0n) is 19.0. The molecule has 35 heavy (non-hydrogen) atoms. The summed E-state index contributed by atoms with van der Waals surface area (Å²) in [6.45, 7) is 5.27. The fraction of sp³-hybridized carbons (Fsp3) is 0.304. The average Bonchev–Trinajstić information content (AvgIpc) is 3.60. The van der Waals surface area contributed by atoms with E-state index in [9.17, 15) is 13.2 Å². The molecule has 0 aliphatic carbocycles. The summed E-state index contributed by atoms with van der Waals surface area (Å²) in [5, 5.41) is 12.6. The molecule has 1 aliphatic heterocycles. The predicted molar refractivity (Wildman–Crippen MR) is 139 cm³/mol. The van der Waals surface area contributed by atoms with E-state index in [0.29, 0.717) is 42.6 Å². The van der Waals surface area contributed by atoms with E-state index in [1.165, 1.54) is 20.5 Å². The molecule has 5 rings (SSSR count). The Kier molecular flexibility index (Phi) is 6.53. The molecule has 1 aromatic carbocycles. The Labute approximate surface area is 211 Å². The molecule has 0 bridgehead atoms. The number of H-pyrrole nitrogens is 1. The van der Waals surface area contributed by atoms with Crippen molar-refractivity contribution in [3.8, 4) is 10.7 Å². The third kappa shape index (κ3) is 4.66. The van der Waals surface area contributed by atoms with Gasteiger partial charge in [0.05, 0.1) is 16.9 Å². The van der Waals surface area contributed by atoms with Crippen molar-refractivity contribution in [2.45, 2.75) is 17.7 Å². The van der Waals surface area contributed by atoms with Gasteiger partial charge >= 0.3 is 6.09 Å². The zero-order chi connectivity index (χ0) is 24.6. The first-order chi connectivity index (χ1) is 16.9. The summed E-state index contributed by atoms with van der Waals surface area (Å²) in [7, 11) is -3.66. The number of sulfonamides is 1. The van der Waals surface area contributed by atoms with E-state index in [1.807, 2.05) is 37.4 Å². The number of amides is 1.